The van der Waals surface area contributed by atoms with Gasteiger partial charge in [0, 0.05) is 13.1 Å². The first kappa shape index (κ1) is 15.8. The van der Waals surface area contributed by atoms with Crippen molar-refractivity contribution in [3.05, 3.63) is 29.8 Å². The van der Waals surface area contributed by atoms with Gasteiger partial charge in [0.2, 0.25) is 0 Å². The van der Waals surface area contributed by atoms with Crippen LogP contribution in [0.1, 0.15) is 39.2 Å². The van der Waals surface area contributed by atoms with Crippen molar-refractivity contribution in [1.29, 1.82) is 0 Å². The zero-order valence-corrected chi connectivity index (χ0v) is 13.1. The Kier molecular flexibility index (Phi) is 5.23. The highest BCUT2D eigenvalue weighted by atomic mass is 16.5. The normalized spacial score (nSPS) is 14.8. The van der Waals surface area contributed by atoms with Crippen LogP contribution in [0, 0.1) is 5.41 Å². The van der Waals surface area contributed by atoms with Gasteiger partial charge in [0.05, 0.1) is 18.1 Å². The van der Waals surface area contributed by atoms with E-state index in [0.717, 1.165) is 12.3 Å². The fraction of sp³-hybridized carbons (Fsp3) is 0.588. The number of carbonyl (C=O) groups excluding carboxylic acids is 1. The van der Waals surface area contributed by atoms with Crippen LogP contribution in [0.3, 0.4) is 0 Å². The van der Waals surface area contributed by atoms with Crippen molar-refractivity contribution < 1.29 is 14.3 Å². The zero-order valence-electron chi connectivity index (χ0n) is 13.1. The Morgan fingerprint density at radius 2 is 1.95 bits per heavy atom. The molecule has 2 rings (SSSR count). The third-order valence-corrected chi connectivity index (χ3v) is 3.47. The van der Waals surface area contributed by atoms with E-state index >= 15 is 0 Å². The minimum atomic E-state index is -0.509. The average Bonchev–Trinajstić information content (AvgIpc) is 3.25. The molecule has 0 aliphatic heterocycles. The zero-order chi connectivity index (χ0) is 15.3. The SMILES string of the molecule is CCOC(=O)C(C)(C)CNCc1ccc(OC2CC2)cc1. The minimum absolute atomic E-state index is 0.161. The van der Waals surface area contributed by atoms with Crippen LogP contribution in [0.25, 0.3) is 0 Å². The van der Waals surface area contributed by atoms with Gasteiger partial charge in [-0.15, -0.1) is 0 Å². The first-order valence-corrected chi connectivity index (χ1v) is 7.65. The lowest BCUT2D eigenvalue weighted by atomic mass is 9.93. The molecule has 0 unspecified atom stereocenters. The van der Waals surface area contributed by atoms with Crippen LogP contribution in [0.2, 0.25) is 0 Å². The molecule has 1 aromatic carbocycles. The highest BCUT2D eigenvalue weighted by molar-refractivity contribution is 5.76. The molecule has 1 N–H and O–H groups in total. The molecule has 1 aliphatic carbocycles. The third kappa shape index (κ3) is 5.05. The molecule has 21 heavy (non-hydrogen) atoms. The van der Waals surface area contributed by atoms with Crippen molar-refractivity contribution in [2.75, 3.05) is 13.2 Å². The summed E-state index contributed by atoms with van der Waals surface area (Å²) in [4.78, 5) is 11.8. The molecule has 1 saturated carbocycles. The summed E-state index contributed by atoms with van der Waals surface area (Å²) < 4.78 is 10.8. The Morgan fingerprint density at radius 3 is 2.52 bits per heavy atom. The number of hydrogen-bond donors (Lipinski definition) is 1. The molecule has 0 spiro atoms. The fourth-order valence-electron chi connectivity index (χ4n) is 1.98. The molecular formula is C17H25NO3. The maximum absolute atomic E-state index is 11.8. The van der Waals surface area contributed by atoms with Gasteiger partial charge < -0.3 is 14.8 Å². The molecular weight excluding hydrogens is 266 g/mol. The second-order valence-electron chi connectivity index (χ2n) is 6.17. The Hall–Kier alpha value is -1.55. The number of benzene rings is 1. The minimum Gasteiger partial charge on any atom is -0.490 e. The summed E-state index contributed by atoms with van der Waals surface area (Å²) in [6.45, 7) is 7.35. The van der Waals surface area contributed by atoms with Gasteiger partial charge in [-0.05, 0) is 51.3 Å². The van der Waals surface area contributed by atoms with Crippen molar-refractivity contribution in [2.45, 2.75) is 46.3 Å². The molecule has 0 heterocycles. The molecule has 0 bridgehead atoms. The number of rotatable bonds is 8. The maximum Gasteiger partial charge on any atom is 0.312 e. The van der Waals surface area contributed by atoms with E-state index in [2.05, 4.69) is 17.4 Å². The van der Waals surface area contributed by atoms with Crippen LogP contribution >= 0.6 is 0 Å². The van der Waals surface area contributed by atoms with Crippen LogP contribution in [0.15, 0.2) is 24.3 Å². The largest absolute Gasteiger partial charge is 0.490 e. The quantitative estimate of drug-likeness (QED) is 0.748. The topological polar surface area (TPSA) is 47.6 Å². The summed E-state index contributed by atoms with van der Waals surface area (Å²) in [6.07, 6.45) is 2.78. The van der Waals surface area contributed by atoms with E-state index in [-0.39, 0.29) is 5.97 Å². The number of nitrogens with one attached hydrogen (secondary N) is 1. The average molecular weight is 291 g/mol. The number of esters is 1. The molecule has 0 radical (unpaired) electrons. The van der Waals surface area contributed by atoms with E-state index in [1.807, 2.05) is 32.9 Å². The van der Waals surface area contributed by atoms with E-state index < -0.39 is 5.41 Å². The summed E-state index contributed by atoms with van der Waals surface area (Å²) in [5.74, 6) is 0.777. The van der Waals surface area contributed by atoms with Crippen LogP contribution in [-0.2, 0) is 16.1 Å². The lowest BCUT2D eigenvalue weighted by Gasteiger charge is -2.22. The van der Waals surface area contributed by atoms with Crippen LogP contribution in [-0.4, -0.2) is 25.2 Å². The molecule has 0 atom stereocenters. The van der Waals surface area contributed by atoms with Gasteiger partial charge in [-0.3, -0.25) is 4.79 Å². The van der Waals surface area contributed by atoms with Gasteiger partial charge in [-0.1, -0.05) is 12.1 Å². The molecule has 116 valence electrons. The molecule has 0 saturated heterocycles. The highest BCUT2D eigenvalue weighted by Crippen LogP contribution is 2.26. The standard InChI is InChI=1S/C17H25NO3/c1-4-20-16(19)17(2,3)12-18-11-13-5-7-14(8-6-13)21-15-9-10-15/h5-8,15,18H,4,9-12H2,1-3H3. The first-order valence-electron chi connectivity index (χ1n) is 7.65. The van der Waals surface area contributed by atoms with E-state index in [1.165, 1.54) is 18.4 Å². The van der Waals surface area contributed by atoms with E-state index in [9.17, 15) is 4.79 Å². The molecule has 1 aromatic rings. The Bertz CT molecular complexity index is 463. The highest BCUT2D eigenvalue weighted by Gasteiger charge is 2.28. The van der Waals surface area contributed by atoms with Crippen molar-refractivity contribution >= 4 is 5.97 Å². The van der Waals surface area contributed by atoms with Crippen molar-refractivity contribution in [1.82, 2.24) is 5.32 Å². The van der Waals surface area contributed by atoms with Crippen molar-refractivity contribution in [2.24, 2.45) is 5.41 Å². The summed E-state index contributed by atoms with van der Waals surface area (Å²) in [5.41, 5.74) is 0.670. The third-order valence-electron chi connectivity index (χ3n) is 3.47. The molecule has 0 amide bonds. The molecule has 0 aromatic heterocycles. The van der Waals surface area contributed by atoms with Gasteiger partial charge >= 0.3 is 5.97 Å². The van der Waals surface area contributed by atoms with Crippen LogP contribution in [0.5, 0.6) is 5.75 Å². The monoisotopic (exact) mass is 291 g/mol. The molecule has 1 fully saturated rings. The van der Waals surface area contributed by atoms with Gasteiger partial charge in [0.15, 0.2) is 0 Å². The summed E-state index contributed by atoms with van der Waals surface area (Å²) in [5, 5.41) is 3.31. The van der Waals surface area contributed by atoms with Crippen LogP contribution in [0.4, 0.5) is 0 Å². The Balaban J connectivity index is 1.75. The predicted molar refractivity (Wildman–Crippen MR) is 82.2 cm³/mol. The second kappa shape index (κ2) is 6.94. The summed E-state index contributed by atoms with van der Waals surface area (Å²) in [7, 11) is 0. The van der Waals surface area contributed by atoms with E-state index in [1.54, 1.807) is 0 Å². The fourth-order valence-corrected chi connectivity index (χ4v) is 1.98. The molecule has 4 heteroatoms. The first-order chi connectivity index (χ1) is 10.0. The van der Waals surface area contributed by atoms with Gasteiger partial charge in [0.25, 0.3) is 0 Å². The Labute approximate surface area is 126 Å². The van der Waals surface area contributed by atoms with Crippen molar-refractivity contribution in [3.63, 3.8) is 0 Å². The number of carbonyl (C=O) groups is 1. The van der Waals surface area contributed by atoms with Gasteiger partial charge in [-0.25, -0.2) is 0 Å². The lowest BCUT2D eigenvalue weighted by Crippen LogP contribution is -2.37. The van der Waals surface area contributed by atoms with E-state index in [4.69, 9.17) is 9.47 Å². The predicted octanol–water partition coefficient (Wildman–Crippen LogP) is 2.91. The number of ether oxygens (including phenoxy) is 2. The van der Waals surface area contributed by atoms with Gasteiger partial charge in [-0.2, -0.15) is 0 Å². The van der Waals surface area contributed by atoms with Gasteiger partial charge in [0.1, 0.15) is 5.75 Å². The maximum atomic E-state index is 11.8. The summed E-state index contributed by atoms with van der Waals surface area (Å²) in [6, 6.07) is 8.13. The second-order valence-corrected chi connectivity index (χ2v) is 6.17. The van der Waals surface area contributed by atoms with E-state index in [0.29, 0.717) is 19.3 Å². The number of hydrogen-bond acceptors (Lipinski definition) is 4. The molecule has 4 nitrogen and oxygen atoms in total. The Morgan fingerprint density at radius 1 is 1.29 bits per heavy atom. The smallest absolute Gasteiger partial charge is 0.312 e. The van der Waals surface area contributed by atoms with Crippen molar-refractivity contribution in [3.8, 4) is 5.75 Å². The lowest BCUT2D eigenvalue weighted by molar-refractivity contribution is -0.153. The summed E-state index contributed by atoms with van der Waals surface area (Å²) >= 11 is 0. The molecule has 1 aliphatic rings. The van der Waals surface area contributed by atoms with Crippen LogP contribution < -0.4 is 10.1 Å².